The molecule has 0 amide bonds. The Kier molecular flexibility index (Phi) is 9.97. The number of halogens is 3. The number of hydrogen-bond donors (Lipinski definition) is 2. The molecule has 0 atom stereocenters. The summed E-state index contributed by atoms with van der Waals surface area (Å²) in [6.45, 7) is 0.682. The zero-order valence-corrected chi connectivity index (χ0v) is 20.7. The van der Waals surface area contributed by atoms with Crippen molar-refractivity contribution in [1.82, 2.24) is 14.9 Å². The molecule has 1 aliphatic heterocycles. The number of fused-ring (bicyclic) bond motifs is 1. The summed E-state index contributed by atoms with van der Waals surface area (Å²) in [6.07, 6.45) is 6.76. The number of anilines is 1. The van der Waals surface area contributed by atoms with Crippen molar-refractivity contribution in [3.05, 3.63) is 36.4 Å². The van der Waals surface area contributed by atoms with Gasteiger partial charge in [-0.3, -0.25) is 4.57 Å². The minimum absolute atomic E-state index is 0. The summed E-state index contributed by atoms with van der Waals surface area (Å²) in [7, 11) is 0. The van der Waals surface area contributed by atoms with Crippen LogP contribution in [-0.2, 0) is 11.3 Å². The SMILES string of the molecule is FC(F)n1ccnc1CN=C(NCCCOCC1CC1)Nc1ccc2c(c1)OCCCO2.I. The van der Waals surface area contributed by atoms with E-state index >= 15 is 0 Å². The monoisotopic (exact) mass is 577 g/mol. The molecule has 33 heavy (non-hydrogen) atoms. The summed E-state index contributed by atoms with van der Waals surface area (Å²) >= 11 is 0. The lowest BCUT2D eigenvalue weighted by atomic mass is 10.2. The topological polar surface area (TPSA) is 81.9 Å². The van der Waals surface area contributed by atoms with E-state index < -0.39 is 6.55 Å². The van der Waals surface area contributed by atoms with Crippen LogP contribution in [0.2, 0.25) is 0 Å². The van der Waals surface area contributed by atoms with E-state index in [4.69, 9.17) is 14.2 Å². The van der Waals surface area contributed by atoms with Crippen molar-refractivity contribution in [1.29, 1.82) is 0 Å². The molecule has 1 aliphatic carbocycles. The van der Waals surface area contributed by atoms with Crippen LogP contribution in [0, 0.1) is 5.92 Å². The van der Waals surface area contributed by atoms with Gasteiger partial charge in [0.25, 0.3) is 0 Å². The fraction of sp³-hybridized carbons (Fsp3) is 0.545. The smallest absolute Gasteiger partial charge is 0.319 e. The molecule has 0 bridgehead atoms. The van der Waals surface area contributed by atoms with Crippen LogP contribution in [0.5, 0.6) is 11.5 Å². The van der Waals surface area contributed by atoms with Crippen molar-refractivity contribution in [2.45, 2.75) is 38.8 Å². The number of benzene rings is 1. The van der Waals surface area contributed by atoms with Crippen LogP contribution in [0.25, 0.3) is 0 Å². The summed E-state index contributed by atoms with van der Waals surface area (Å²) in [5, 5.41) is 6.46. The first kappa shape index (κ1) is 25.5. The summed E-state index contributed by atoms with van der Waals surface area (Å²) < 4.78 is 44.1. The molecule has 1 fully saturated rings. The summed E-state index contributed by atoms with van der Waals surface area (Å²) in [6, 6.07) is 5.55. The number of nitrogens with one attached hydrogen (secondary N) is 2. The molecule has 4 rings (SSSR count). The summed E-state index contributed by atoms with van der Waals surface area (Å²) in [5.41, 5.74) is 0.752. The molecule has 0 radical (unpaired) electrons. The molecule has 182 valence electrons. The molecule has 1 saturated carbocycles. The molecule has 0 unspecified atom stereocenters. The maximum Gasteiger partial charge on any atom is 0.319 e. The number of ether oxygens (including phenoxy) is 3. The number of aliphatic imine (C=N–C) groups is 1. The lowest BCUT2D eigenvalue weighted by molar-refractivity contribution is 0.0671. The van der Waals surface area contributed by atoms with Crippen LogP contribution in [0.1, 0.15) is 38.1 Å². The number of nitrogens with zero attached hydrogens (tertiary/aromatic N) is 3. The highest BCUT2D eigenvalue weighted by Crippen LogP contribution is 2.32. The maximum atomic E-state index is 13.1. The Balaban J connectivity index is 0.00000306. The minimum Gasteiger partial charge on any atom is -0.490 e. The van der Waals surface area contributed by atoms with Gasteiger partial charge < -0.3 is 24.8 Å². The Labute approximate surface area is 209 Å². The van der Waals surface area contributed by atoms with Crippen molar-refractivity contribution < 1.29 is 23.0 Å². The fourth-order valence-electron chi connectivity index (χ4n) is 3.23. The Morgan fingerprint density at radius 2 is 2.06 bits per heavy atom. The van der Waals surface area contributed by atoms with Crippen molar-refractivity contribution >= 4 is 35.6 Å². The molecule has 0 spiro atoms. The van der Waals surface area contributed by atoms with Gasteiger partial charge >= 0.3 is 6.55 Å². The molecule has 1 aromatic heterocycles. The van der Waals surface area contributed by atoms with Gasteiger partial charge in [-0.1, -0.05) is 0 Å². The highest BCUT2D eigenvalue weighted by molar-refractivity contribution is 14.0. The van der Waals surface area contributed by atoms with Gasteiger partial charge in [0.2, 0.25) is 0 Å². The fourth-order valence-corrected chi connectivity index (χ4v) is 3.23. The molecule has 2 aliphatic rings. The standard InChI is InChI=1S/C22H29F2N5O3.HI/c23-21(24)29-9-8-25-20(29)14-27-22(26-7-1-10-30-15-16-3-4-16)28-17-5-6-18-19(13-17)32-12-2-11-31-18;/h5-6,8-9,13,16,21H,1-4,7,10-12,14-15H2,(H2,26,27,28);1H. The van der Waals surface area contributed by atoms with Crippen LogP contribution < -0.4 is 20.1 Å². The molecular formula is C22H30F2IN5O3. The van der Waals surface area contributed by atoms with Gasteiger partial charge in [-0.15, -0.1) is 24.0 Å². The number of hydrogen-bond acceptors (Lipinski definition) is 5. The van der Waals surface area contributed by atoms with Crippen LogP contribution in [0.3, 0.4) is 0 Å². The van der Waals surface area contributed by atoms with Gasteiger partial charge in [0, 0.05) is 50.3 Å². The van der Waals surface area contributed by atoms with E-state index in [9.17, 15) is 8.78 Å². The van der Waals surface area contributed by atoms with Crippen molar-refractivity contribution in [2.75, 3.05) is 38.3 Å². The second-order valence-corrected chi connectivity index (χ2v) is 7.83. The lowest BCUT2D eigenvalue weighted by Gasteiger charge is -2.15. The van der Waals surface area contributed by atoms with Crippen molar-refractivity contribution in [3.8, 4) is 11.5 Å². The molecule has 2 heterocycles. The van der Waals surface area contributed by atoms with E-state index in [1.165, 1.54) is 25.2 Å². The molecule has 8 nitrogen and oxygen atoms in total. The zero-order chi connectivity index (χ0) is 22.2. The van der Waals surface area contributed by atoms with Crippen molar-refractivity contribution in [3.63, 3.8) is 0 Å². The third-order valence-corrected chi connectivity index (χ3v) is 5.16. The largest absolute Gasteiger partial charge is 0.490 e. The first-order chi connectivity index (χ1) is 15.7. The van der Waals surface area contributed by atoms with Crippen molar-refractivity contribution in [2.24, 2.45) is 10.9 Å². The highest BCUT2D eigenvalue weighted by Gasteiger charge is 2.20. The Bertz CT molecular complexity index is 908. The Morgan fingerprint density at radius 3 is 2.85 bits per heavy atom. The summed E-state index contributed by atoms with van der Waals surface area (Å²) in [4.78, 5) is 8.45. The third-order valence-electron chi connectivity index (χ3n) is 5.16. The van der Waals surface area contributed by atoms with E-state index in [1.54, 1.807) is 0 Å². The van der Waals surface area contributed by atoms with E-state index in [0.29, 0.717) is 43.8 Å². The average molecular weight is 577 g/mol. The van der Waals surface area contributed by atoms with E-state index in [-0.39, 0.29) is 36.3 Å². The molecule has 0 saturated heterocycles. The lowest BCUT2D eigenvalue weighted by Crippen LogP contribution is -2.32. The Morgan fingerprint density at radius 1 is 1.24 bits per heavy atom. The molecule has 2 aromatic rings. The van der Waals surface area contributed by atoms with Gasteiger partial charge in [-0.05, 0) is 37.3 Å². The Hall–Kier alpha value is -2.15. The zero-order valence-electron chi connectivity index (χ0n) is 18.3. The van der Waals surface area contributed by atoms with Crippen LogP contribution in [0.4, 0.5) is 14.5 Å². The summed E-state index contributed by atoms with van der Waals surface area (Å²) in [5.74, 6) is 2.75. The van der Waals surface area contributed by atoms with Gasteiger partial charge in [-0.25, -0.2) is 9.98 Å². The highest BCUT2D eigenvalue weighted by atomic mass is 127. The number of imidazole rings is 1. The van der Waals surface area contributed by atoms with Crippen LogP contribution in [0.15, 0.2) is 35.6 Å². The minimum atomic E-state index is -2.66. The number of guanidine groups is 1. The third kappa shape index (κ3) is 7.98. The van der Waals surface area contributed by atoms with Gasteiger partial charge in [0.15, 0.2) is 17.5 Å². The molecular weight excluding hydrogens is 547 g/mol. The molecule has 1 aromatic carbocycles. The second-order valence-electron chi connectivity index (χ2n) is 7.83. The van der Waals surface area contributed by atoms with Gasteiger partial charge in [0.05, 0.1) is 13.2 Å². The number of rotatable bonds is 10. The van der Waals surface area contributed by atoms with Crippen LogP contribution in [-0.4, -0.2) is 48.5 Å². The molecule has 11 heteroatoms. The predicted molar refractivity (Wildman–Crippen MR) is 132 cm³/mol. The first-order valence-electron chi connectivity index (χ1n) is 11.0. The average Bonchev–Trinajstić information content (AvgIpc) is 3.54. The molecule has 2 N–H and O–H groups in total. The maximum absolute atomic E-state index is 13.1. The van der Waals surface area contributed by atoms with E-state index in [0.717, 1.165) is 35.6 Å². The van der Waals surface area contributed by atoms with Crippen LogP contribution >= 0.6 is 24.0 Å². The van der Waals surface area contributed by atoms with Gasteiger partial charge in [-0.2, -0.15) is 8.78 Å². The van der Waals surface area contributed by atoms with Gasteiger partial charge in [0.1, 0.15) is 12.4 Å². The normalized spacial score (nSPS) is 15.7. The second kappa shape index (κ2) is 12.9. The van der Waals surface area contributed by atoms with E-state index in [1.807, 2.05) is 18.2 Å². The predicted octanol–water partition coefficient (Wildman–Crippen LogP) is 4.43. The first-order valence-corrected chi connectivity index (χ1v) is 11.0. The number of alkyl halides is 2. The quantitative estimate of drug-likeness (QED) is 0.188. The number of aromatic nitrogens is 2. The van der Waals surface area contributed by atoms with E-state index in [2.05, 4.69) is 20.6 Å².